The van der Waals surface area contributed by atoms with E-state index < -0.39 is 0 Å². The van der Waals surface area contributed by atoms with Gasteiger partial charge in [-0.1, -0.05) is 13.3 Å². The number of likely N-dealkylation sites (tertiary alicyclic amines) is 1. The molecule has 80 valence electrons. The predicted octanol–water partition coefficient (Wildman–Crippen LogP) is 1.47. The van der Waals surface area contributed by atoms with Crippen LogP contribution in [-0.4, -0.2) is 37.1 Å². The van der Waals surface area contributed by atoms with Crippen molar-refractivity contribution in [2.24, 2.45) is 11.3 Å². The molecule has 0 amide bonds. The smallest absolute Gasteiger partial charge is 0.0235 e. The average Bonchev–Trinajstić information content (AvgIpc) is 2.60. The zero-order valence-corrected chi connectivity index (χ0v) is 9.26. The first kappa shape index (κ1) is 9.17. The molecule has 3 rings (SSSR count). The summed E-state index contributed by atoms with van der Waals surface area (Å²) in [5, 5.41) is 3.63. The molecule has 0 aromatic carbocycles. The third-order valence-corrected chi connectivity index (χ3v) is 4.60. The predicted molar refractivity (Wildman–Crippen MR) is 58.3 cm³/mol. The molecule has 0 unspecified atom stereocenters. The number of nitrogens with one attached hydrogen (secondary N) is 1. The lowest BCUT2D eigenvalue weighted by Crippen LogP contribution is -2.40. The largest absolute Gasteiger partial charge is 0.312 e. The molecule has 1 aliphatic carbocycles. The molecule has 2 heterocycles. The summed E-state index contributed by atoms with van der Waals surface area (Å²) < 4.78 is 0. The van der Waals surface area contributed by atoms with Gasteiger partial charge in [0, 0.05) is 25.7 Å². The Bertz CT molecular complexity index is 210. The molecule has 1 saturated carbocycles. The molecule has 0 bridgehead atoms. The van der Waals surface area contributed by atoms with Crippen LogP contribution in [0.2, 0.25) is 0 Å². The van der Waals surface area contributed by atoms with Crippen LogP contribution in [0.5, 0.6) is 0 Å². The van der Waals surface area contributed by atoms with E-state index in [1.54, 1.807) is 0 Å². The zero-order valence-electron chi connectivity index (χ0n) is 9.26. The minimum Gasteiger partial charge on any atom is -0.312 e. The van der Waals surface area contributed by atoms with E-state index in [0.717, 1.165) is 12.0 Å². The maximum atomic E-state index is 3.63. The van der Waals surface area contributed by atoms with Gasteiger partial charge in [-0.2, -0.15) is 0 Å². The van der Waals surface area contributed by atoms with Crippen molar-refractivity contribution in [1.82, 2.24) is 10.2 Å². The van der Waals surface area contributed by atoms with Gasteiger partial charge in [0.25, 0.3) is 0 Å². The van der Waals surface area contributed by atoms with Crippen molar-refractivity contribution in [3.05, 3.63) is 0 Å². The third-order valence-electron chi connectivity index (χ3n) is 4.60. The Morgan fingerprint density at radius 1 is 1.36 bits per heavy atom. The van der Waals surface area contributed by atoms with Gasteiger partial charge in [-0.15, -0.1) is 0 Å². The number of rotatable bonds is 2. The second-order valence-electron chi connectivity index (χ2n) is 5.97. The molecule has 2 nitrogen and oxygen atoms in total. The van der Waals surface area contributed by atoms with Gasteiger partial charge in [0.05, 0.1) is 0 Å². The summed E-state index contributed by atoms with van der Waals surface area (Å²) in [6.45, 7) is 7.79. The highest BCUT2D eigenvalue weighted by Crippen LogP contribution is 2.42. The molecule has 3 aliphatic rings. The third kappa shape index (κ3) is 1.49. The van der Waals surface area contributed by atoms with E-state index in [0.29, 0.717) is 5.41 Å². The van der Waals surface area contributed by atoms with E-state index in [1.165, 1.54) is 51.9 Å². The lowest BCUT2D eigenvalue weighted by molar-refractivity contribution is 0.0949. The minimum atomic E-state index is 0.679. The Kier molecular flexibility index (Phi) is 2.10. The molecule has 3 fully saturated rings. The molecule has 0 aromatic heterocycles. The molecule has 2 aliphatic heterocycles. The van der Waals surface area contributed by atoms with Crippen molar-refractivity contribution < 1.29 is 0 Å². The van der Waals surface area contributed by atoms with Crippen molar-refractivity contribution in [1.29, 1.82) is 0 Å². The van der Waals surface area contributed by atoms with Crippen molar-refractivity contribution in [3.63, 3.8) is 0 Å². The van der Waals surface area contributed by atoms with E-state index in [2.05, 4.69) is 17.1 Å². The molecule has 2 heteroatoms. The van der Waals surface area contributed by atoms with Gasteiger partial charge in [-0.05, 0) is 37.1 Å². The normalized spacial score (nSPS) is 40.9. The van der Waals surface area contributed by atoms with Crippen molar-refractivity contribution in [2.45, 2.75) is 38.6 Å². The summed E-state index contributed by atoms with van der Waals surface area (Å²) in [5.41, 5.74) is 0.679. The van der Waals surface area contributed by atoms with Crippen LogP contribution < -0.4 is 5.32 Å². The van der Waals surface area contributed by atoms with E-state index in [9.17, 15) is 0 Å². The molecule has 1 N–H and O–H groups in total. The van der Waals surface area contributed by atoms with Gasteiger partial charge in [0.1, 0.15) is 0 Å². The number of fused-ring (bicyclic) bond motifs is 1. The van der Waals surface area contributed by atoms with Crippen molar-refractivity contribution >= 4 is 0 Å². The number of hydrogen-bond donors (Lipinski definition) is 1. The van der Waals surface area contributed by atoms with Crippen molar-refractivity contribution in [2.75, 3.05) is 26.2 Å². The van der Waals surface area contributed by atoms with Crippen LogP contribution in [0.3, 0.4) is 0 Å². The first-order chi connectivity index (χ1) is 6.75. The fourth-order valence-electron chi connectivity index (χ4n) is 3.55. The second-order valence-corrected chi connectivity index (χ2v) is 5.97. The summed E-state index contributed by atoms with van der Waals surface area (Å²) >= 11 is 0. The Labute approximate surface area is 87.0 Å². The molecule has 2 saturated heterocycles. The van der Waals surface area contributed by atoms with E-state index in [-0.39, 0.29) is 0 Å². The van der Waals surface area contributed by atoms with Crippen LogP contribution in [-0.2, 0) is 0 Å². The lowest BCUT2D eigenvalue weighted by atomic mass is 9.70. The Balaban J connectivity index is 1.55. The van der Waals surface area contributed by atoms with Crippen LogP contribution in [0, 0.1) is 11.3 Å². The van der Waals surface area contributed by atoms with Crippen LogP contribution in [0.1, 0.15) is 32.6 Å². The monoisotopic (exact) mass is 194 g/mol. The summed E-state index contributed by atoms with van der Waals surface area (Å²) in [5.74, 6) is 0.971. The maximum Gasteiger partial charge on any atom is 0.0235 e. The second kappa shape index (κ2) is 3.21. The van der Waals surface area contributed by atoms with Gasteiger partial charge in [-0.25, -0.2) is 0 Å². The first-order valence-corrected chi connectivity index (χ1v) is 6.21. The molecule has 0 aromatic rings. The summed E-state index contributed by atoms with van der Waals surface area (Å²) in [7, 11) is 0. The van der Waals surface area contributed by atoms with Gasteiger partial charge in [-0.3, -0.25) is 0 Å². The van der Waals surface area contributed by atoms with Crippen LogP contribution >= 0.6 is 0 Å². The maximum absolute atomic E-state index is 3.63. The van der Waals surface area contributed by atoms with Crippen LogP contribution in [0.4, 0.5) is 0 Å². The fraction of sp³-hybridized carbons (Fsp3) is 1.00. The van der Waals surface area contributed by atoms with E-state index in [4.69, 9.17) is 0 Å². The highest BCUT2D eigenvalue weighted by Gasteiger charge is 2.40. The molecular weight excluding hydrogens is 172 g/mol. The highest BCUT2D eigenvalue weighted by molar-refractivity contribution is 4.96. The van der Waals surface area contributed by atoms with Gasteiger partial charge >= 0.3 is 0 Å². The van der Waals surface area contributed by atoms with E-state index >= 15 is 0 Å². The topological polar surface area (TPSA) is 15.3 Å². The molecule has 0 spiro atoms. The molecule has 0 radical (unpaired) electrons. The summed E-state index contributed by atoms with van der Waals surface area (Å²) in [6.07, 6.45) is 5.81. The molecule has 14 heavy (non-hydrogen) atoms. The molecule has 2 atom stereocenters. The Morgan fingerprint density at radius 3 is 2.86 bits per heavy atom. The van der Waals surface area contributed by atoms with Gasteiger partial charge in [0.15, 0.2) is 0 Å². The first-order valence-electron chi connectivity index (χ1n) is 6.21. The summed E-state index contributed by atoms with van der Waals surface area (Å²) in [6, 6.07) is 0.832. The highest BCUT2D eigenvalue weighted by atomic mass is 15.2. The van der Waals surface area contributed by atoms with Crippen molar-refractivity contribution in [3.8, 4) is 0 Å². The Hall–Kier alpha value is -0.0800. The van der Waals surface area contributed by atoms with Crippen LogP contribution in [0.25, 0.3) is 0 Å². The number of hydrogen-bond acceptors (Lipinski definition) is 2. The zero-order chi connectivity index (χ0) is 9.60. The van der Waals surface area contributed by atoms with Crippen LogP contribution in [0.15, 0.2) is 0 Å². The average molecular weight is 194 g/mol. The quantitative estimate of drug-likeness (QED) is 0.716. The van der Waals surface area contributed by atoms with E-state index in [1.807, 2.05) is 0 Å². The Morgan fingerprint density at radius 2 is 2.21 bits per heavy atom. The standard InChI is InChI=1S/C12H22N2/c1-12(4-2-5-12)9-14-7-10-3-6-13-11(10)8-14/h10-11,13H,2-9H2,1H3/t10-,11+/m0/s1. The lowest BCUT2D eigenvalue weighted by Gasteiger charge is -2.41. The van der Waals surface area contributed by atoms with Gasteiger partial charge in [0.2, 0.25) is 0 Å². The molecular formula is C12H22N2. The number of nitrogens with zero attached hydrogens (tertiary/aromatic N) is 1. The minimum absolute atomic E-state index is 0.679. The van der Waals surface area contributed by atoms with Gasteiger partial charge < -0.3 is 10.2 Å². The SMILES string of the molecule is CC1(CN2C[C@@H]3CCN[C@@H]3C2)CCC1. The fourth-order valence-corrected chi connectivity index (χ4v) is 3.55. The summed E-state index contributed by atoms with van der Waals surface area (Å²) in [4.78, 5) is 2.71.